The molecule has 1 unspecified atom stereocenters. The predicted molar refractivity (Wildman–Crippen MR) is 74.3 cm³/mol. The summed E-state index contributed by atoms with van der Waals surface area (Å²) < 4.78 is 0. The second-order valence-electron chi connectivity index (χ2n) is 5.09. The van der Waals surface area contributed by atoms with Crippen molar-refractivity contribution in [3.05, 3.63) is 23.0 Å². The molecule has 0 aliphatic heterocycles. The van der Waals surface area contributed by atoms with Crippen LogP contribution in [0.25, 0.3) is 0 Å². The standard InChI is InChI=1S/C14H22N4/c1-9(2)5-12(7-15)18-14-6-10(3)17-11(4)13(14)8-16/h6,9,12H,5,7,15H2,1-4H3,(H,17,18). The summed E-state index contributed by atoms with van der Waals surface area (Å²) >= 11 is 0. The quantitative estimate of drug-likeness (QED) is 0.836. The number of pyridine rings is 1. The summed E-state index contributed by atoms with van der Waals surface area (Å²) in [4.78, 5) is 4.31. The Kier molecular flexibility index (Phi) is 5.11. The molecule has 0 spiro atoms. The number of nitrogens with zero attached hydrogens (tertiary/aromatic N) is 2. The van der Waals surface area contributed by atoms with Crippen LogP contribution in [0.1, 0.15) is 37.2 Å². The summed E-state index contributed by atoms with van der Waals surface area (Å²) in [7, 11) is 0. The van der Waals surface area contributed by atoms with Crippen LogP contribution in [0.2, 0.25) is 0 Å². The maximum Gasteiger partial charge on any atom is 0.103 e. The van der Waals surface area contributed by atoms with Gasteiger partial charge in [0, 0.05) is 18.3 Å². The van der Waals surface area contributed by atoms with E-state index in [0.29, 0.717) is 18.0 Å². The average molecular weight is 246 g/mol. The van der Waals surface area contributed by atoms with Crippen molar-refractivity contribution in [2.75, 3.05) is 11.9 Å². The molecule has 98 valence electrons. The van der Waals surface area contributed by atoms with Gasteiger partial charge in [-0.3, -0.25) is 4.98 Å². The lowest BCUT2D eigenvalue weighted by Crippen LogP contribution is -2.30. The van der Waals surface area contributed by atoms with E-state index in [-0.39, 0.29) is 6.04 Å². The Balaban J connectivity index is 2.99. The molecule has 1 atom stereocenters. The molecule has 1 heterocycles. The Labute approximate surface area is 109 Å². The van der Waals surface area contributed by atoms with E-state index >= 15 is 0 Å². The summed E-state index contributed by atoms with van der Waals surface area (Å²) in [5.41, 5.74) is 8.91. The first-order chi connectivity index (χ1) is 8.47. The van der Waals surface area contributed by atoms with Crippen molar-refractivity contribution in [2.45, 2.75) is 40.2 Å². The minimum Gasteiger partial charge on any atom is -0.380 e. The molecule has 0 aromatic carbocycles. The lowest BCUT2D eigenvalue weighted by atomic mass is 10.0. The molecule has 1 rings (SSSR count). The fraction of sp³-hybridized carbons (Fsp3) is 0.571. The minimum absolute atomic E-state index is 0.193. The number of aromatic nitrogens is 1. The number of nitrogens with two attached hydrogens (primary N) is 1. The topological polar surface area (TPSA) is 74.7 Å². The molecule has 0 saturated carbocycles. The average Bonchev–Trinajstić information content (AvgIpc) is 2.27. The highest BCUT2D eigenvalue weighted by Crippen LogP contribution is 2.20. The van der Waals surface area contributed by atoms with Crippen LogP contribution in [-0.2, 0) is 0 Å². The molecule has 4 nitrogen and oxygen atoms in total. The zero-order valence-corrected chi connectivity index (χ0v) is 11.6. The van der Waals surface area contributed by atoms with Crippen LogP contribution >= 0.6 is 0 Å². The third-order valence-electron chi connectivity index (χ3n) is 2.84. The summed E-state index contributed by atoms with van der Waals surface area (Å²) in [5.74, 6) is 0.570. The van der Waals surface area contributed by atoms with Crippen molar-refractivity contribution < 1.29 is 0 Å². The number of rotatable bonds is 5. The molecule has 0 saturated heterocycles. The Morgan fingerprint density at radius 1 is 1.44 bits per heavy atom. The van der Waals surface area contributed by atoms with Crippen LogP contribution in [0, 0.1) is 31.1 Å². The molecule has 1 aromatic heterocycles. The van der Waals surface area contributed by atoms with Gasteiger partial charge in [-0.1, -0.05) is 13.8 Å². The number of anilines is 1. The van der Waals surface area contributed by atoms with Gasteiger partial charge >= 0.3 is 0 Å². The molecule has 0 aliphatic rings. The van der Waals surface area contributed by atoms with E-state index in [4.69, 9.17) is 5.73 Å². The Morgan fingerprint density at radius 2 is 2.11 bits per heavy atom. The van der Waals surface area contributed by atoms with Gasteiger partial charge in [-0.05, 0) is 32.3 Å². The number of hydrogen-bond donors (Lipinski definition) is 2. The molecular weight excluding hydrogens is 224 g/mol. The smallest absolute Gasteiger partial charge is 0.103 e. The van der Waals surface area contributed by atoms with Crippen molar-refractivity contribution in [2.24, 2.45) is 11.7 Å². The fourth-order valence-corrected chi connectivity index (χ4v) is 2.09. The van der Waals surface area contributed by atoms with Gasteiger partial charge in [0.2, 0.25) is 0 Å². The molecule has 4 heteroatoms. The van der Waals surface area contributed by atoms with Gasteiger partial charge in [0.15, 0.2) is 0 Å². The van der Waals surface area contributed by atoms with Crippen LogP contribution in [0.3, 0.4) is 0 Å². The maximum atomic E-state index is 9.20. The molecule has 18 heavy (non-hydrogen) atoms. The SMILES string of the molecule is Cc1cc(NC(CN)CC(C)C)c(C#N)c(C)n1. The molecule has 0 bridgehead atoms. The normalized spacial score (nSPS) is 12.3. The zero-order chi connectivity index (χ0) is 13.7. The molecule has 0 radical (unpaired) electrons. The lowest BCUT2D eigenvalue weighted by Gasteiger charge is -2.21. The van der Waals surface area contributed by atoms with Gasteiger partial charge in [0.25, 0.3) is 0 Å². The van der Waals surface area contributed by atoms with Crippen molar-refractivity contribution in [3.8, 4) is 6.07 Å². The molecule has 1 aromatic rings. The minimum atomic E-state index is 0.193. The molecule has 0 fully saturated rings. The van der Waals surface area contributed by atoms with E-state index in [2.05, 4.69) is 30.2 Å². The monoisotopic (exact) mass is 246 g/mol. The molecular formula is C14H22N4. The van der Waals surface area contributed by atoms with Crippen LogP contribution in [0.5, 0.6) is 0 Å². The van der Waals surface area contributed by atoms with E-state index in [0.717, 1.165) is 23.5 Å². The third-order valence-corrected chi connectivity index (χ3v) is 2.84. The number of aryl methyl sites for hydroxylation is 2. The zero-order valence-electron chi connectivity index (χ0n) is 11.6. The molecule has 3 N–H and O–H groups in total. The van der Waals surface area contributed by atoms with Crippen molar-refractivity contribution in [1.82, 2.24) is 4.98 Å². The fourth-order valence-electron chi connectivity index (χ4n) is 2.09. The van der Waals surface area contributed by atoms with Gasteiger partial charge < -0.3 is 11.1 Å². The lowest BCUT2D eigenvalue weighted by molar-refractivity contribution is 0.522. The number of nitrogens with one attached hydrogen (secondary N) is 1. The third kappa shape index (κ3) is 3.71. The summed E-state index contributed by atoms with van der Waals surface area (Å²) in [6, 6.07) is 4.31. The van der Waals surface area contributed by atoms with E-state index in [1.54, 1.807) is 0 Å². The van der Waals surface area contributed by atoms with Crippen molar-refractivity contribution >= 4 is 5.69 Å². The summed E-state index contributed by atoms with van der Waals surface area (Å²) in [6.07, 6.45) is 0.988. The van der Waals surface area contributed by atoms with Gasteiger partial charge in [-0.25, -0.2) is 0 Å². The summed E-state index contributed by atoms with van der Waals surface area (Å²) in [6.45, 7) is 8.68. The molecule has 0 aliphatic carbocycles. The van der Waals surface area contributed by atoms with Crippen LogP contribution in [-0.4, -0.2) is 17.6 Å². The van der Waals surface area contributed by atoms with E-state index in [1.165, 1.54) is 0 Å². The Morgan fingerprint density at radius 3 is 2.61 bits per heavy atom. The van der Waals surface area contributed by atoms with Gasteiger partial charge in [-0.2, -0.15) is 5.26 Å². The maximum absolute atomic E-state index is 9.20. The first-order valence-corrected chi connectivity index (χ1v) is 6.32. The van der Waals surface area contributed by atoms with Gasteiger partial charge in [-0.15, -0.1) is 0 Å². The highest BCUT2D eigenvalue weighted by Gasteiger charge is 2.13. The second kappa shape index (κ2) is 6.36. The van der Waals surface area contributed by atoms with Crippen LogP contribution in [0.15, 0.2) is 6.07 Å². The van der Waals surface area contributed by atoms with Crippen molar-refractivity contribution in [3.63, 3.8) is 0 Å². The first-order valence-electron chi connectivity index (χ1n) is 6.32. The van der Waals surface area contributed by atoms with Gasteiger partial charge in [0.1, 0.15) is 6.07 Å². The highest BCUT2D eigenvalue weighted by atomic mass is 14.9. The molecule has 0 amide bonds. The Bertz CT molecular complexity index is 446. The highest BCUT2D eigenvalue weighted by molar-refractivity contribution is 5.60. The van der Waals surface area contributed by atoms with E-state index in [9.17, 15) is 5.26 Å². The van der Waals surface area contributed by atoms with Gasteiger partial charge in [0.05, 0.1) is 16.9 Å². The van der Waals surface area contributed by atoms with Crippen LogP contribution < -0.4 is 11.1 Å². The summed E-state index contributed by atoms with van der Waals surface area (Å²) in [5, 5.41) is 12.6. The van der Waals surface area contributed by atoms with Crippen LogP contribution in [0.4, 0.5) is 5.69 Å². The number of nitriles is 1. The predicted octanol–water partition coefficient (Wildman–Crippen LogP) is 2.36. The first kappa shape index (κ1) is 14.5. The largest absolute Gasteiger partial charge is 0.380 e. The van der Waals surface area contributed by atoms with Crippen molar-refractivity contribution in [1.29, 1.82) is 5.26 Å². The Hall–Kier alpha value is -1.60. The van der Waals surface area contributed by atoms with E-state index < -0.39 is 0 Å². The number of hydrogen-bond acceptors (Lipinski definition) is 4. The second-order valence-corrected chi connectivity index (χ2v) is 5.09. The van der Waals surface area contributed by atoms with E-state index in [1.807, 2.05) is 19.9 Å².